The maximum Gasteiger partial charge on any atom is 0.295 e. The van der Waals surface area contributed by atoms with Gasteiger partial charge in [0.1, 0.15) is 11.4 Å². The van der Waals surface area contributed by atoms with Gasteiger partial charge in [-0.1, -0.05) is 30.0 Å². The fraction of sp³-hybridized carbons (Fsp3) is 0.190. The number of tetrazole rings is 1. The molecule has 11 heteroatoms. The van der Waals surface area contributed by atoms with Crippen molar-refractivity contribution in [2.45, 2.75) is 12.1 Å². The van der Waals surface area contributed by atoms with E-state index in [9.17, 15) is 9.59 Å². The lowest BCUT2D eigenvalue weighted by molar-refractivity contribution is -0.113. The Morgan fingerprint density at radius 1 is 1.09 bits per heavy atom. The minimum absolute atomic E-state index is 0.0373. The van der Waals surface area contributed by atoms with Crippen molar-refractivity contribution in [1.82, 2.24) is 29.6 Å². The van der Waals surface area contributed by atoms with E-state index in [1.807, 2.05) is 42.5 Å². The second kappa shape index (κ2) is 9.10. The van der Waals surface area contributed by atoms with Crippen LogP contribution in [0.15, 0.2) is 64.5 Å². The van der Waals surface area contributed by atoms with E-state index in [2.05, 4.69) is 20.8 Å². The van der Waals surface area contributed by atoms with Gasteiger partial charge in [-0.3, -0.25) is 14.3 Å². The molecule has 1 N–H and O–H groups in total. The molecule has 10 nitrogen and oxygen atoms in total. The van der Waals surface area contributed by atoms with Crippen molar-refractivity contribution in [3.8, 4) is 17.1 Å². The zero-order valence-electron chi connectivity index (χ0n) is 17.7. The minimum Gasteiger partial charge on any atom is -0.497 e. The third kappa shape index (κ3) is 4.14. The Labute approximate surface area is 187 Å². The number of methoxy groups -OCH3 is 1. The summed E-state index contributed by atoms with van der Waals surface area (Å²) >= 11 is 1.17. The molecule has 4 aromatic rings. The summed E-state index contributed by atoms with van der Waals surface area (Å²) in [6.07, 6.45) is 0. The molecule has 0 fully saturated rings. The van der Waals surface area contributed by atoms with E-state index in [1.165, 1.54) is 21.1 Å². The van der Waals surface area contributed by atoms with Gasteiger partial charge >= 0.3 is 0 Å². The van der Waals surface area contributed by atoms with E-state index >= 15 is 0 Å². The number of ether oxygens (including phenoxy) is 1. The molecule has 164 valence electrons. The summed E-state index contributed by atoms with van der Waals surface area (Å²) in [5.41, 5.74) is 2.06. The van der Waals surface area contributed by atoms with Crippen LogP contribution in [0.1, 0.15) is 5.69 Å². The summed E-state index contributed by atoms with van der Waals surface area (Å²) in [6.45, 7) is 1.79. The molecule has 0 unspecified atom stereocenters. The van der Waals surface area contributed by atoms with Crippen LogP contribution in [0.3, 0.4) is 0 Å². The van der Waals surface area contributed by atoms with Gasteiger partial charge in [-0.25, -0.2) is 4.68 Å². The molecule has 2 aromatic heterocycles. The molecule has 2 aromatic carbocycles. The predicted molar refractivity (Wildman–Crippen MR) is 121 cm³/mol. The predicted octanol–water partition coefficient (Wildman–Crippen LogP) is 2.20. The molecule has 0 aliphatic carbocycles. The normalized spacial score (nSPS) is 10.8. The Morgan fingerprint density at radius 2 is 1.81 bits per heavy atom. The highest BCUT2D eigenvalue weighted by atomic mass is 32.2. The van der Waals surface area contributed by atoms with Crippen molar-refractivity contribution in [3.05, 3.63) is 70.6 Å². The lowest BCUT2D eigenvalue weighted by Crippen LogP contribution is -2.23. The molecule has 0 spiro atoms. The summed E-state index contributed by atoms with van der Waals surface area (Å²) in [5.74, 6) is 0.426. The van der Waals surface area contributed by atoms with Crippen LogP contribution < -0.4 is 15.6 Å². The second-order valence-corrected chi connectivity index (χ2v) is 7.79. The van der Waals surface area contributed by atoms with Crippen molar-refractivity contribution in [2.75, 3.05) is 18.2 Å². The van der Waals surface area contributed by atoms with Gasteiger partial charge in [-0.05, 0) is 53.7 Å². The number of hydrogen-bond donors (Lipinski definition) is 1. The summed E-state index contributed by atoms with van der Waals surface area (Å²) in [5, 5.41) is 14.9. The van der Waals surface area contributed by atoms with Crippen LogP contribution in [0.5, 0.6) is 5.75 Å². The van der Waals surface area contributed by atoms with Crippen LogP contribution in [0.4, 0.5) is 5.69 Å². The molecular weight excluding hydrogens is 430 g/mol. The average Bonchev–Trinajstić information content (AvgIpc) is 3.37. The maximum absolute atomic E-state index is 12.9. The number of aromatic nitrogens is 6. The Bertz CT molecular complexity index is 1290. The summed E-state index contributed by atoms with van der Waals surface area (Å²) in [7, 11) is 3.37. The lowest BCUT2D eigenvalue weighted by atomic mass is 10.3. The van der Waals surface area contributed by atoms with Crippen molar-refractivity contribution in [1.29, 1.82) is 0 Å². The Balaban J connectivity index is 1.48. The number of nitrogens with zero attached hydrogens (tertiary/aromatic N) is 6. The van der Waals surface area contributed by atoms with E-state index < -0.39 is 0 Å². The number of hydrogen-bond acceptors (Lipinski definition) is 7. The van der Waals surface area contributed by atoms with Gasteiger partial charge in [0.15, 0.2) is 0 Å². The van der Waals surface area contributed by atoms with E-state index in [4.69, 9.17) is 4.74 Å². The molecule has 0 aliphatic rings. The highest BCUT2D eigenvalue weighted by molar-refractivity contribution is 7.99. The first-order chi connectivity index (χ1) is 15.5. The first-order valence-electron chi connectivity index (χ1n) is 9.69. The number of rotatable bonds is 7. The van der Waals surface area contributed by atoms with E-state index in [0.29, 0.717) is 10.9 Å². The van der Waals surface area contributed by atoms with Crippen LogP contribution >= 0.6 is 11.8 Å². The molecule has 0 aliphatic heterocycles. The summed E-state index contributed by atoms with van der Waals surface area (Å²) in [4.78, 5) is 25.6. The molecule has 4 rings (SSSR count). The number of carbonyl (C=O) groups is 1. The number of para-hydroxylation sites is 1. The van der Waals surface area contributed by atoms with E-state index in [-0.39, 0.29) is 22.9 Å². The first-order valence-corrected chi connectivity index (χ1v) is 10.7. The Kier molecular flexibility index (Phi) is 6.08. The van der Waals surface area contributed by atoms with Crippen LogP contribution in [-0.4, -0.2) is 48.3 Å². The molecule has 0 bridgehead atoms. The molecule has 0 radical (unpaired) electrons. The van der Waals surface area contributed by atoms with Crippen LogP contribution in [0.25, 0.3) is 11.4 Å². The molecule has 1 amide bonds. The van der Waals surface area contributed by atoms with Gasteiger partial charge in [0.05, 0.1) is 29.9 Å². The molecule has 0 saturated carbocycles. The zero-order valence-corrected chi connectivity index (χ0v) is 18.5. The van der Waals surface area contributed by atoms with Gasteiger partial charge in [0, 0.05) is 7.05 Å². The van der Waals surface area contributed by atoms with Crippen LogP contribution in [0.2, 0.25) is 0 Å². The minimum atomic E-state index is -0.328. The van der Waals surface area contributed by atoms with E-state index in [0.717, 1.165) is 17.1 Å². The molecular formula is C21H21N7O3S. The topological polar surface area (TPSA) is 109 Å². The number of benzene rings is 2. The van der Waals surface area contributed by atoms with Crippen molar-refractivity contribution in [2.24, 2.45) is 7.05 Å². The average molecular weight is 452 g/mol. The quantitative estimate of drug-likeness (QED) is 0.429. The fourth-order valence-electron chi connectivity index (χ4n) is 3.17. The number of amides is 1. The smallest absolute Gasteiger partial charge is 0.295 e. The molecule has 32 heavy (non-hydrogen) atoms. The van der Waals surface area contributed by atoms with Crippen molar-refractivity contribution >= 4 is 23.4 Å². The van der Waals surface area contributed by atoms with Gasteiger partial charge < -0.3 is 10.1 Å². The maximum atomic E-state index is 12.9. The second-order valence-electron chi connectivity index (χ2n) is 6.84. The van der Waals surface area contributed by atoms with Crippen LogP contribution in [0, 0.1) is 6.92 Å². The first kappa shape index (κ1) is 21.4. The number of thioether (sulfide) groups is 1. The van der Waals surface area contributed by atoms with Gasteiger partial charge in [0.2, 0.25) is 11.1 Å². The SMILES string of the molecule is COc1ccc(-n2nnnc2SCC(=O)Nc2c(C)n(C)n(-c3ccccc3)c2=O)cc1. The third-order valence-corrected chi connectivity index (χ3v) is 5.83. The zero-order chi connectivity index (χ0) is 22.7. The summed E-state index contributed by atoms with van der Waals surface area (Å²) in [6, 6.07) is 16.5. The van der Waals surface area contributed by atoms with Gasteiger partial charge in [-0.15, -0.1) is 5.10 Å². The van der Waals surface area contributed by atoms with Crippen molar-refractivity contribution < 1.29 is 9.53 Å². The van der Waals surface area contributed by atoms with E-state index in [1.54, 1.807) is 37.9 Å². The summed E-state index contributed by atoms with van der Waals surface area (Å²) < 4.78 is 9.93. The fourth-order valence-corrected chi connectivity index (χ4v) is 3.86. The standard InChI is InChI=1S/C21H21N7O3S/c1-14-19(20(30)28(26(14)2)16-7-5-4-6-8-16)22-18(29)13-32-21-23-24-25-27(21)15-9-11-17(31-3)12-10-15/h4-12H,13H2,1-3H3,(H,22,29). The third-order valence-electron chi connectivity index (χ3n) is 4.91. The molecule has 0 atom stereocenters. The number of nitrogens with one attached hydrogen (secondary N) is 1. The highest BCUT2D eigenvalue weighted by Crippen LogP contribution is 2.21. The Hall–Kier alpha value is -3.86. The Morgan fingerprint density at radius 3 is 2.50 bits per heavy atom. The number of anilines is 1. The highest BCUT2D eigenvalue weighted by Gasteiger charge is 2.19. The van der Waals surface area contributed by atoms with Gasteiger partial charge in [0.25, 0.3) is 5.56 Å². The largest absolute Gasteiger partial charge is 0.497 e. The van der Waals surface area contributed by atoms with Crippen molar-refractivity contribution in [3.63, 3.8) is 0 Å². The number of carbonyl (C=O) groups excluding carboxylic acids is 1. The monoisotopic (exact) mass is 451 g/mol. The van der Waals surface area contributed by atoms with Gasteiger partial charge in [-0.2, -0.15) is 4.68 Å². The lowest BCUT2D eigenvalue weighted by Gasteiger charge is -2.07. The molecule has 2 heterocycles. The van der Waals surface area contributed by atoms with Crippen LogP contribution in [-0.2, 0) is 11.8 Å². The molecule has 0 saturated heterocycles.